The summed E-state index contributed by atoms with van der Waals surface area (Å²) in [5.41, 5.74) is 3.88. The lowest BCUT2D eigenvalue weighted by Crippen LogP contribution is -2.31. The normalized spacial score (nSPS) is 21.0. The minimum atomic E-state index is -0.580. The van der Waals surface area contributed by atoms with Gasteiger partial charge in [-0.2, -0.15) is 0 Å². The summed E-state index contributed by atoms with van der Waals surface area (Å²) in [5, 5.41) is 8.30. The number of nitrogens with two attached hydrogens (primary N) is 1. The van der Waals surface area contributed by atoms with E-state index in [4.69, 9.17) is 14.1 Å². The van der Waals surface area contributed by atoms with Gasteiger partial charge in [-0.3, -0.25) is 4.79 Å². The molecule has 6 nitrogen and oxygen atoms in total. The molecule has 3 atom stereocenters. The number of nitrogens with one attached hydrogen (secondary N) is 1. The van der Waals surface area contributed by atoms with Gasteiger partial charge in [0.1, 0.15) is 17.8 Å². The van der Waals surface area contributed by atoms with Crippen molar-refractivity contribution < 1.29 is 18.5 Å². The Morgan fingerprint density at radius 1 is 1.19 bits per heavy atom. The molecule has 0 radical (unpaired) electrons. The first-order valence-corrected chi connectivity index (χ1v) is 11.5. The first-order valence-electron chi connectivity index (χ1n) is 10.7. The lowest BCUT2D eigenvalue weighted by Gasteiger charge is -2.22. The first kappa shape index (κ1) is 24.3. The topological polar surface area (TPSA) is 90.6 Å². The van der Waals surface area contributed by atoms with E-state index >= 15 is 0 Å². The van der Waals surface area contributed by atoms with Crippen molar-refractivity contribution in [3.05, 3.63) is 70.3 Å². The molecule has 0 aliphatic heterocycles. The van der Waals surface area contributed by atoms with E-state index in [1.807, 2.05) is 26.0 Å². The molecule has 1 saturated carbocycles. The number of hydrogen-bond donors (Lipinski definition) is 2. The molecule has 0 bridgehead atoms. The Bertz CT molecular complexity index is 1000. The lowest BCUT2D eigenvalue weighted by atomic mass is 9.86. The zero-order valence-corrected chi connectivity index (χ0v) is 20.3. The molecule has 0 spiro atoms. The van der Waals surface area contributed by atoms with Crippen molar-refractivity contribution in [3.8, 4) is 0 Å². The zero-order chi connectivity index (χ0) is 23.7. The maximum Gasteiger partial charge on any atom is 0.351 e. The van der Waals surface area contributed by atoms with Gasteiger partial charge in [0.15, 0.2) is 0 Å². The summed E-state index contributed by atoms with van der Waals surface area (Å²) in [6.45, 7) is 10.3. The van der Waals surface area contributed by atoms with Gasteiger partial charge in [0.25, 0.3) is 0 Å². The Kier molecular flexibility index (Phi) is 7.03. The first-order chi connectivity index (χ1) is 15.0. The number of benzene rings is 2. The van der Waals surface area contributed by atoms with Crippen LogP contribution in [0.3, 0.4) is 0 Å². The molecule has 32 heavy (non-hydrogen) atoms. The number of rotatable bonds is 7. The van der Waals surface area contributed by atoms with E-state index in [0.717, 1.165) is 16.7 Å². The largest absolute Gasteiger partial charge is 0.373 e. The quantitative estimate of drug-likeness (QED) is 0.463. The smallest absolute Gasteiger partial charge is 0.351 e. The van der Waals surface area contributed by atoms with E-state index in [2.05, 4.69) is 50.4 Å². The molecule has 3 N–H and O–H groups in total. The third-order valence-electron chi connectivity index (χ3n) is 6.28. The van der Waals surface area contributed by atoms with Crippen LogP contribution in [0.1, 0.15) is 72.8 Å². The zero-order valence-electron chi connectivity index (χ0n) is 19.5. The molecule has 1 aliphatic carbocycles. The number of methoxy groups -OCH3 is 1. The van der Waals surface area contributed by atoms with Crippen LogP contribution in [-0.4, -0.2) is 19.0 Å². The van der Waals surface area contributed by atoms with Gasteiger partial charge in [-0.05, 0) is 54.0 Å². The Labute approximate surface area is 194 Å². The van der Waals surface area contributed by atoms with Crippen LogP contribution in [0.15, 0.2) is 42.5 Å². The van der Waals surface area contributed by atoms with Gasteiger partial charge in [0, 0.05) is 7.11 Å². The SMILES string of the molecule is COC1(c2ccc(C(C)(C)C)cc2)CC1C(=O)N[C@H](C)c1ccc(C(=O)OSN)c(C)c1. The van der Waals surface area contributed by atoms with E-state index in [1.165, 1.54) is 5.56 Å². The van der Waals surface area contributed by atoms with Crippen LogP contribution in [-0.2, 0) is 24.7 Å². The predicted octanol–water partition coefficient (Wildman–Crippen LogP) is 4.71. The molecule has 0 heterocycles. The van der Waals surface area contributed by atoms with Crippen LogP contribution >= 0.6 is 12.2 Å². The second-order valence-electron chi connectivity index (χ2n) is 9.45. The van der Waals surface area contributed by atoms with Crippen molar-refractivity contribution in [1.82, 2.24) is 5.32 Å². The van der Waals surface area contributed by atoms with Crippen molar-refractivity contribution in [2.45, 2.75) is 58.1 Å². The average molecular weight is 457 g/mol. The van der Waals surface area contributed by atoms with Crippen LogP contribution in [0.2, 0.25) is 0 Å². The summed E-state index contributed by atoms with van der Waals surface area (Å²) in [7, 11) is 1.66. The molecule has 1 fully saturated rings. The highest BCUT2D eigenvalue weighted by atomic mass is 32.2. The van der Waals surface area contributed by atoms with Crippen LogP contribution < -0.4 is 10.5 Å². The van der Waals surface area contributed by atoms with Crippen LogP contribution in [0.25, 0.3) is 0 Å². The summed E-state index contributed by atoms with van der Waals surface area (Å²) in [5.74, 6) is -0.772. The van der Waals surface area contributed by atoms with Crippen molar-refractivity contribution in [2.75, 3.05) is 7.11 Å². The molecule has 2 unspecified atom stereocenters. The standard InChI is InChI=1S/C25H32N2O4S/c1-15-13-17(7-12-20(15)23(29)31-32-26)16(2)27-22(28)21-14-25(21,30-6)19-10-8-18(9-11-19)24(3,4)5/h7-13,16,21H,14,26H2,1-6H3,(H,27,28)/t16-,21?,25?/m1/s1. The van der Waals surface area contributed by atoms with Crippen molar-refractivity contribution in [3.63, 3.8) is 0 Å². The summed E-state index contributed by atoms with van der Waals surface area (Å²) < 4.78 is 10.6. The van der Waals surface area contributed by atoms with Crippen LogP contribution in [0.4, 0.5) is 0 Å². The van der Waals surface area contributed by atoms with Gasteiger partial charge in [0.05, 0.1) is 17.5 Å². The highest BCUT2D eigenvalue weighted by molar-refractivity contribution is 7.92. The van der Waals surface area contributed by atoms with Crippen molar-refractivity contribution >= 4 is 24.1 Å². The monoisotopic (exact) mass is 456 g/mol. The van der Waals surface area contributed by atoms with Gasteiger partial charge in [-0.15, -0.1) is 0 Å². The molecular formula is C25H32N2O4S. The molecule has 2 aromatic rings. The summed E-state index contributed by atoms with van der Waals surface area (Å²) in [6, 6.07) is 13.5. The van der Waals surface area contributed by atoms with Gasteiger partial charge >= 0.3 is 5.97 Å². The Morgan fingerprint density at radius 3 is 2.38 bits per heavy atom. The maximum atomic E-state index is 13.0. The summed E-state index contributed by atoms with van der Waals surface area (Å²) in [4.78, 5) is 25.0. The van der Waals surface area contributed by atoms with E-state index in [1.54, 1.807) is 13.2 Å². The highest BCUT2D eigenvalue weighted by Crippen LogP contribution is 2.55. The molecule has 172 valence electrons. The van der Waals surface area contributed by atoms with E-state index in [-0.39, 0.29) is 23.3 Å². The fourth-order valence-corrected chi connectivity index (χ4v) is 4.31. The number of aryl methyl sites for hydroxylation is 1. The van der Waals surface area contributed by atoms with Gasteiger partial charge in [0.2, 0.25) is 5.91 Å². The van der Waals surface area contributed by atoms with Gasteiger partial charge < -0.3 is 14.2 Å². The van der Waals surface area contributed by atoms with Crippen molar-refractivity contribution in [2.24, 2.45) is 11.1 Å². The maximum absolute atomic E-state index is 13.0. The summed E-state index contributed by atoms with van der Waals surface area (Å²) >= 11 is 0.526. The molecular weight excluding hydrogens is 424 g/mol. The lowest BCUT2D eigenvalue weighted by molar-refractivity contribution is -0.125. The minimum Gasteiger partial charge on any atom is -0.373 e. The number of carbonyl (C=O) groups excluding carboxylic acids is 2. The summed E-state index contributed by atoms with van der Waals surface area (Å²) in [6.07, 6.45) is 0.650. The number of amides is 1. The molecule has 7 heteroatoms. The van der Waals surface area contributed by atoms with E-state index < -0.39 is 11.6 Å². The molecule has 2 aromatic carbocycles. The molecule has 3 rings (SSSR count). The molecule has 1 aliphatic rings. The van der Waals surface area contributed by atoms with E-state index in [0.29, 0.717) is 24.2 Å². The third-order valence-corrected chi connectivity index (χ3v) is 6.53. The molecule has 0 saturated heterocycles. The number of hydrogen-bond acceptors (Lipinski definition) is 6. The van der Waals surface area contributed by atoms with Gasteiger partial charge in [-0.1, -0.05) is 57.2 Å². The molecule has 0 aromatic heterocycles. The fraction of sp³-hybridized carbons (Fsp3) is 0.440. The van der Waals surface area contributed by atoms with Crippen molar-refractivity contribution in [1.29, 1.82) is 0 Å². The second kappa shape index (κ2) is 9.25. The molecule has 1 amide bonds. The Morgan fingerprint density at radius 2 is 1.84 bits per heavy atom. The van der Waals surface area contributed by atoms with Crippen LogP contribution in [0.5, 0.6) is 0 Å². The Balaban J connectivity index is 1.69. The Hall–Kier alpha value is -2.35. The predicted molar refractivity (Wildman–Crippen MR) is 127 cm³/mol. The minimum absolute atomic E-state index is 0.0417. The average Bonchev–Trinajstić information content (AvgIpc) is 3.49. The third kappa shape index (κ3) is 4.85. The highest BCUT2D eigenvalue weighted by Gasteiger charge is 2.60. The number of ether oxygens (including phenoxy) is 1. The number of carbonyl (C=O) groups is 2. The fourth-order valence-electron chi connectivity index (χ4n) is 4.13. The van der Waals surface area contributed by atoms with Crippen LogP contribution in [0, 0.1) is 12.8 Å². The van der Waals surface area contributed by atoms with Gasteiger partial charge in [-0.25, -0.2) is 9.93 Å². The second-order valence-corrected chi connectivity index (χ2v) is 9.81. The van der Waals surface area contributed by atoms with E-state index in [9.17, 15) is 9.59 Å².